The summed E-state index contributed by atoms with van der Waals surface area (Å²) >= 11 is 0. The second-order valence-electron chi connectivity index (χ2n) is 11.0. The predicted octanol–water partition coefficient (Wildman–Crippen LogP) is 8.17. The van der Waals surface area contributed by atoms with Crippen LogP contribution in [0.15, 0.2) is 24.3 Å². The Labute approximate surface area is 238 Å². The van der Waals surface area contributed by atoms with E-state index in [2.05, 4.69) is 6.92 Å². The summed E-state index contributed by atoms with van der Waals surface area (Å²) in [6, 6.07) is 7.85. The van der Waals surface area contributed by atoms with Crippen molar-refractivity contribution in [1.29, 1.82) is 0 Å². The molecule has 1 aromatic carbocycles. The van der Waals surface area contributed by atoms with E-state index in [4.69, 9.17) is 19.5 Å². The van der Waals surface area contributed by atoms with Crippen LogP contribution in [0.1, 0.15) is 123 Å². The molecule has 0 aliphatic rings. The SMILES string of the molecule is CCCCCCCCCCCCCCOc1ccc(CC(COP(=O)(O)OC(C)CCCN)CC(C)=O)cc1. The van der Waals surface area contributed by atoms with E-state index >= 15 is 0 Å². The van der Waals surface area contributed by atoms with Gasteiger partial charge in [0.05, 0.1) is 19.3 Å². The first-order valence-electron chi connectivity index (χ1n) is 15.3. The Hall–Kier alpha value is -1.24. The molecule has 0 spiro atoms. The third-order valence-corrected chi connectivity index (χ3v) is 7.99. The van der Waals surface area contributed by atoms with Crippen LogP contribution in [0.4, 0.5) is 0 Å². The minimum Gasteiger partial charge on any atom is -0.494 e. The molecule has 3 N–H and O–H groups in total. The van der Waals surface area contributed by atoms with Gasteiger partial charge < -0.3 is 20.2 Å². The molecule has 0 saturated heterocycles. The molecule has 39 heavy (non-hydrogen) atoms. The molecule has 0 aromatic heterocycles. The molecular formula is C31H56NO6P. The number of benzene rings is 1. The highest BCUT2D eigenvalue weighted by atomic mass is 31.2. The summed E-state index contributed by atoms with van der Waals surface area (Å²) in [6.07, 6.45) is 17.5. The number of carbonyl (C=O) groups is 1. The zero-order valence-electron chi connectivity index (χ0n) is 24.9. The highest BCUT2D eigenvalue weighted by Gasteiger charge is 2.26. The first kappa shape index (κ1) is 35.8. The maximum absolute atomic E-state index is 12.3. The quantitative estimate of drug-likeness (QED) is 0.0855. The number of Topliss-reactive ketones (excluding diaryl/α,β-unsaturated/α-hetero) is 1. The van der Waals surface area contributed by atoms with Gasteiger partial charge in [0.2, 0.25) is 0 Å². The maximum Gasteiger partial charge on any atom is 0.472 e. The first-order chi connectivity index (χ1) is 18.8. The second-order valence-corrected chi connectivity index (χ2v) is 12.4. The third kappa shape index (κ3) is 20.3. The van der Waals surface area contributed by atoms with Gasteiger partial charge in [0.1, 0.15) is 11.5 Å². The van der Waals surface area contributed by atoms with Gasteiger partial charge >= 0.3 is 7.82 Å². The van der Waals surface area contributed by atoms with E-state index in [1.807, 2.05) is 24.3 Å². The molecule has 0 aliphatic heterocycles. The zero-order valence-corrected chi connectivity index (χ0v) is 25.8. The first-order valence-corrected chi connectivity index (χ1v) is 16.8. The van der Waals surface area contributed by atoms with Gasteiger partial charge in [0.25, 0.3) is 0 Å². The normalized spacial score (nSPS) is 14.6. The summed E-state index contributed by atoms with van der Waals surface area (Å²) in [5.74, 6) is 0.621. The number of hydrogen-bond acceptors (Lipinski definition) is 6. The van der Waals surface area contributed by atoms with Crippen LogP contribution >= 0.6 is 7.82 Å². The predicted molar refractivity (Wildman–Crippen MR) is 160 cm³/mol. The Kier molecular flexibility index (Phi) is 20.6. The van der Waals surface area contributed by atoms with Crippen molar-refractivity contribution < 1.29 is 28.0 Å². The largest absolute Gasteiger partial charge is 0.494 e. The van der Waals surface area contributed by atoms with Gasteiger partial charge in [-0.3, -0.25) is 9.05 Å². The van der Waals surface area contributed by atoms with Crippen LogP contribution in [0.5, 0.6) is 5.75 Å². The van der Waals surface area contributed by atoms with Gasteiger partial charge in [0.15, 0.2) is 0 Å². The van der Waals surface area contributed by atoms with Crippen LogP contribution in [-0.2, 0) is 24.8 Å². The maximum atomic E-state index is 12.3. The molecule has 0 heterocycles. The molecule has 0 bridgehead atoms. The number of ketones is 1. The number of nitrogens with two attached hydrogens (primary N) is 1. The monoisotopic (exact) mass is 569 g/mol. The molecule has 0 amide bonds. The number of carbonyl (C=O) groups excluding carboxylic acids is 1. The van der Waals surface area contributed by atoms with Gasteiger partial charge in [-0.2, -0.15) is 0 Å². The Bertz CT molecular complexity index is 788. The minimum absolute atomic E-state index is 0.0102. The van der Waals surface area contributed by atoms with E-state index in [9.17, 15) is 14.3 Å². The van der Waals surface area contributed by atoms with Crippen LogP contribution in [0.2, 0.25) is 0 Å². The van der Waals surface area contributed by atoms with E-state index in [0.717, 1.165) is 17.7 Å². The number of phosphoric acid groups is 1. The van der Waals surface area contributed by atoms with Gasteiger partial charge in [-0.1, -0.05) is 89.7 Å². The van der Waals surface area contributed by atoms with Crippen LogP contribution in [0, 0.1) is 5.92 Å². The van der Waals surface area contributed by atoms with Crippen LogP contribution in [0.25, 0.3) is 0 Å². The van der Waals surface area contributed by atoms with Gasteiger partial charge in [0, 0.05) is 6.42 Å². The Balaban J connectivity index is 2.29. The van der Waals surface area contributed by atoms with Crippen molar-refractivity contribution in [3.8, 4) is 5.75 Å². The number of phosphoric ester groups is 1. The lowest BCUT2D eigenvalue weighted by molar-refractivity contribution is -0.118. The van der Waals surface area contributed by atoms with E-state index in [0.29, 0.717) is 32.4 Å². The fourth-order valence-electron chi connectivity index (χ4n) is 4.70. The highest BCUT2D eigenvalue weighted by molar-refractivity contribution is 7.47. The lowest BCUT2D eigenvalue weighted by atomic mass is 9.95. The minimum atomic E-state index is -4.20. The van der Waals surface area contributed by atoms with Crippen LogP contribution < -0.4 is 10.5 Å². The van der Waals surface area contributed by atoms with E-state index in [1.54, 1.807) is 6.92 Å². The molecule has 1 aromatic rings. The Morgan fingerprint density at radius 1 is 0.923 bits per heavy atom. The average Bonchev–Trinajstić information content (AvgIpc) is 2.89. The fourth-order valence-corrected chi connectivity index (χ4v) is 5.72. The number of rotatable bonds is 26. The van der Waals surface area contributed by atoms with Gasteiger partial charge in [-0.25, -0.2) is 4.57 Å². The number of ether oxygens (including phenoxy) is 1. The fraction of sp³-hybridized carbons (Fsp3) is 0.774. The second kappa shape index (κ2) is 22.4. The topological polar surface area (TPSA) is 108 Å². The van der Waals surface area contributed by atoms with Crippen molar-refractivity contribution in [2.24, 2.45) is 11.7 Å². The molecule has 0 radical (unpaired) electrons. The summed E-state index contributed by atoms with van der Waals surface area (Å²) in [6.45, 7) is 6.68. The molecule has 226 valence electrons. The number of unbranched alkanes of at least 4 members (excludes halogenated alkanes) is 11. The van der Waals surface area contributed by atoms with Gasteiger partial charge in [-0.15, -0.1) is 0 Å². The Morgan fingerprint density at radius 2 is 1.49 bits per heavy atom. The molecule has 8 heteroatoms. The molecule has 3 unspecified atom stereocenters. The number of hydrogen-bond donors (Lipinski definition) is 2. The molecule has 0 saturated carbocycles. The summed E-state index contributed by atoms with van der Waals surface area (Å²) in [4.78, 5) is 21.8. The standard InChI is InChI=1S/C31H56NO6P/c1-4-5-6-7-8-9-10-11-12-13-14-15-23-36-31-20-18-29(19-21-31)25-30(24-27(2)33)26-37-39(34,35)38-28(3)17-16-22-32/h18-21,28,30H,4-17,22-26,32H2,1-3H3,(H,34,35). The van der Waals surface area contributed by atoms with Gasteiger partial charge in [-0.05, 0) is 69.7 Å². The van der Waals surface area contributed by atoms with Crippen molar-refractivity contribution in [2.75, 3.05) is 19.8 Å². The lowest BCUT2D eigenvalue weighted by Gasteiger charge is -2.21. The molecule has 0 aliphatic carbocycles. The van der Waals surface area contributed by atoms with E-state index in [-0.39, 0.29) is 24.7 Å². The van der Waals surface area contributed by atoms with Crippen molar-refractivity contribution in [3.05, 3.63) is 29.8 Å². The third-order valence-electron chi connectivity index (χ3n) is 6.89. The van der Waals surface area contributed by atoms with E-state index < -0.39 is 13.9 Å². The summed E-state index contributed by atoms with van der Waals surface area (Å²) in [7, 11) is -4.20. The lowest BCUT2D eigenvalue weighted by Crippen LogP contribution is -2.17. The highest BCUT2D eigenvalue weighted by Crippen LogP contribution is 2.45. The Morgan fingerprint density at radius 3 is 2.03 bits per heavy atom. The average molecular weight is 570 g/mol. The molecule has 7 nitrogen and oxygen atoms in total. The summed E-state index contributed by atoms with van der Waals surface area (Å²) < 4.78 is 28.7. The van der Waals surface area contributed by atoms with Crippen molar-refractivity contribution in [3.63, 3.8) is 0 Å². The molecule has 3 atom stereocenters. The van der Waals surface area contributed by atoms with Crippen molar-refractivity contribution in [2.45, 2.75) is 130 Å². The molecule has 1 rings (SSSR count). The summed E-state index contributed by atoms with van der Waals surface area (Å²) in [5.41, 5.74) is 6.50. The van der Waals surface area contributed by atoms with Crippen LogP contribution in [0.3, 0.4) is 0 Å². The molecule has 0 fully saturated rings. The molecular weight excluding hydrogens is 513 g/mol. The smallest absolute Gasteiger partial charge is 0.472 e. The van der Waals surface area contributed by atoms with Crippen LogP contribution in [-0.4, -0.2) is 36.5 Å². The summed E-state index contributed by atoms with van der Waals surface area (Å²) in [5, 5.41) is 0. The van der Waals surface area contributed by atoms with E-state index in [1.165, 1.54) is 77.6 Å². The van der Waals surface area contributed by atoms with Crippen molar-refractivity contribution in [1.82, 2.24) is 0 Å². The zero-order chi connectivity index (χ0) is 28.8. The van der Waals surface area contributed by atoms with Crippen molar-refractivity contribution >= 4 is 13.6 Å².